The molecule has 114 valence electrons. The lowest BCUT2D eigenvalue weighted by Crippen LogP contribution is -2.41. The molecule has 0 aromatic heterocycles. The van der Waals surface area contributed by atoms with Gasteiger partial charge in [-0.3, -0.25) is 4.79 Å². The Labute approximate surface area is 128 Å². The van der Waals surface area contributed by atoms with Crippen molar-refractivity contribution in [3.8, 4) is 5.75 Å². The number of carboxylic acid groups (broad SMARTS) is 1. The van der Waals surface area contributed by atoms with Crippen LogP contribution in [0.5, 0.6) is 5.75 Å². The number of para-hydroxylation sites is 1. The Hall–Kier alpha value is -1.95. The lowest BCUT2D eigenvalue weighted by molar-refractivity contribution is -0.139. The van der Waals surface area contributed by atoms with E-state index in [0.717, 1.165) is 0 Å². The molecule has 0 aliphatic carbocycles. The summed E-state index contributed by atoms with van der Waals surface area (Å²) < 4.78 is 5.40. The summed E-state index contributed by atoms with van der Waals surface area (Å²) in [7, 11) is 0. The highest BCUT2D eigenvalue weighted by atomic mass is 32.2. The molecule has 1 amide bonds. The summed E-state index contributed by atoms with van der Waals surface area (Å²) in [4.78, 5) is 23.4. The number of carboxylic acids is 1. The summed E-state index contributed by atoms with van der Waals surface area (Å²) in [5.41, 5.74) is 0.315. The van der Waals surface area contributed by atoms with Crippen molar-refractivity contribution in [2.45, 2.75) is 12.5 Å². The molecule has 0 radical (unpaired) electrons. The molecule has 0 saturated heterocycles. The van der Waals surface area contributed by atoms with Gasteiger partial charge < -0.3 is 15.2 Å². The second kappa shape index (κ2) is 9.07. The van der Waals surface area contributed by atoms with E-state index in [4.69, 9.17) is 9.84 Å². The van der Waals surface area contributed by atoms with Gasteiger partial charge in [0.1, 0.15) is 18.4 Å². The average molecular weight is 309 g/mol. The van der Waals surface area contributed by atoms with Crippen LogP contribution in [0.4, 0.5) is 0 Å². The number of amides is 1. The van der Waals surface area contributed by atoms with Crippen LogP contribution in [0.15, 0.2) is 36.9 Å². The van der Waals surface area contributed by atoms with Crippen molar-refractivity contribution in [3.63, 3.8) is 0 Å². The number of rotatable bonds is 9. The van der Waals surface area contributed by atoms with Crippen LogP contribution in [0.2, 0.25) is 0 Å². The normalized spacial score (nSPS) is 11.5. The van der Waals surface area contributed by atoms with Gasteiger partial charge in [-0.15, -0.1) is 0 Å². The van der Waals surface area contributed by atoms with Crippen LogP contribution in [0.25, 0.3) is 0 Å². The van der Waals surface area contributed by atoms with Crippen molar-refractivity contribution in [1.82, 2.24) is 5.32 Å². The molecular weight excluding hydrogens is 290 g/mol. The average Bonchev–Trinajstić information content (AvgIpc) is 2.49. The minimum atomic E-state index is -1.04. The number of ether oxygens (including phenoxy) is 1. The van der Waals surface area contributed by atoms with E-state index >= 15 is 0 Å². The molecule has 0 bridgehead atoms. The van der Waals surface area contributed by atoms with E-state index in [9.17, 15) is 9.59 Å². The Morgan fingerprint density at radius 3 is 2.81 bits per heavy atom. The van der Waals surface area contributed by atoms with Gasteiger partial charge in [0.2, 0.25) is 0 Å². The second-order valence-corrected chi connectivity index (χ2v) is 5.23. The smallest absolute Gasteiger partial charge is 0.326 e. The maximum Gasteiger partial charge on any atom is 0.326 e. The highest BCUT2D eigenvalue weighted by Crippen LogP contribution is 2.18. The molecule has 0 unspecified atom stereocenters. The zero-order valence-corrected chi connectivity index (χ0v) is 12.7. The second-order valence-electron chi connectivity index (χ2n) is 4.24. The van der Waals surface area contributed by atoms with Crippen LogP contribution >= 0.6 is 11.8 Å². The van der Waals surface area contributed by atoms with Crippen molar-refractivity contribution < 1.29 is 19.4 Å². The molecular formula is C15H19NO4S. The lowest BCUT2D eigenvalue weighted by Gasteiger charge is -2.15. The Morgan fingerprint density at radius 1 is 1.48 bits per heavy atom. The molecule has 0 aliphatic heterocycles. The molecule has 1 aromatic carbocycles. The summed E-state index contributed by atoms with van der Waals surface area (Å²) in [5.74, 6) is -0.430. The standard InChI is InChI=1S/C15H19NO4S/c1-3-9-20-13-7-5-4-6-11(13)14(17)16-12(15(18)19)8-10-21-2/h3-7,12H,1,8-10H2,2H3,(H,16,17)(H,18,19)/t12-/m1/s1. The van der Waals surface area contributed by atoms with Crippen LogP contribution in [0.1, 0.15) is 16.8 Å². The van der Waals surface area contributed by atoms with Gasteiger partial charge in [0.25, 0.3) is 5.91 Å². The third kappa shape index (κ3) is 5.51. The first kappa shape index (κ1) is 17.1. The van der Waals surface area contributed by atoms with Crippen molar-refractivity contribution in [2.75, 3.05) is 18.6 Å². The van der Waals surface area contributed by atoms with Gasteiger partial charge in [-0.25, -0.2) is 4.79 Å². The molecule has 1 rings (SSSR count). The summed E-state index contributed by atoms with van der Waals surface area (Å²) >= 11 is 1.53. The topological polar surface area (TPSA) is 75.6 Å². The van der Waals surface area contributed by atoms with Crippen LogP contribution in [0.3, 0.4) is 0 Å². The fourth-order valence-electron chi connectivity index (χ4n) is 1.66. The molecule has 2 N–H and O–H groups in total. The fourth-order valence-corrected chi connectivity index (χ4v) is 2.13. The molecule has 0 spiro atoms. The van der Waals surface area contributed by atoms with Gasteiger partial charge in [-0.05, 0) is 30.6 Å². The van der Waals surface area contributed by atoms with Crippen molar-refractivity contribution >= 4 is 23.6 Å². The van der Waals surface area contributed by atoms with Crippen LogP contribution in [-0.4, -0.2) is 41.6 Å². The van der Waals surface area contributed by atoms with Gasteiger partial charge in [0, 0.05) is 0 Å². The summed E-state index contributed by atoms with van der Waals surface area (Å²) in [6.07, 6.45) is 3.84. The van der Waals surface area contributed by atoms with Gasteiger partial charge in [0.05, 0.1) is 5.56 Å². The molecule has 0 heterocycles. The number of hydrogen-bond acceptors (Lipinski definition) is 4. The van der Waals surface area contributed by atoms with Crippen molar-refractivity contribution in [3.05, 3.63) is 42.5 Å². The van der Waals surface area contributed by atoms with Crippen molar-refractivity contribution in [2.24, 2.45) is 0 Å². The number of hydrogen-bond donors (Lipinski definition) is 2. The molecule has 1 aromatic rings. The van der Waals surface area contributed by atoms with Crippen LogP contribution in [-0.2, 0) is 4.79 Å². The highest BCUT2D eigenvalue weighted by molar-refractivity contribution is 7.98. The van der Waals surface area contributed by atoms with E-state index in [1.54, 1.807) is 30.3 Å². The summed E-state index contributed by atoms with van der Waals surface area (Å²) in [5, 5.41) is 11.7. The summed E-state index contributed by atoms with van der Waals surface area (Å²) in [6, 6.07) is 5.81. The molecule has 0 aliphatic rings. The minimum absolute atomic E-state index is 0.277. The van der Waals surface area contributed by atoms with E-state index in [2.05, 4.69) is 11.9 Å². The third-order valence-corrected chi connectivity index (χ3v) is 3.35. The molecule has 0 fully saturated rings. The largest absolute Gasteiger partial charge is 0.489 e. The Kier molecular flexibility index (Phi) is 7.39. The first-order valence-electron chi connectivity index (χ1n) is 6.45. The number of benzene rings is 1. The zero-order chi connectivity index (χ0) is 15.7. The Balaban J connectivity index is 2.81. The van der Waals surface area contributed by atoms with Gasteiger partial charge in [0.15, 0.2) is 0 Å². The predicted octanol–water partition coefficient (Wildman–Crippen LogP) is 2.19. The number of carbonyl (C=O) groups is 2. The molecule has 21 heavy (non-hydrogen) atoms. The van der Waals surface area contributed by atoms with E-state index in [1.807, 2.05) is 6.26 Å². The quantitative estimate of drug-likeness (QED) is 0.684. The lowest BCUT2D eigenvalue weighted by atomic mass is 10.1. The zero-order valence-electron chi connectivity index (χ0n) is 11.9. The first-order valence-corrected chi connectivity index (χ1v) is 7.84. The van der Waals surface area contributed by atoms with Gasteiger partial charge >= 0.3 is 5.97 Å². The fraction of sp³-hybridized carbons (Fsp3) is 0.333. The highest BCUT2D eigenvalue weighted by Gasteiger charge is 2.21. The van der Waals surface area contributed by atoms with E-state index in [0.29, 0.717) is 23.5 Å². The first-order chi connectivity index (χ1) is 10.1. The van der Waals surface area contributed by atoms with Gasteiger partial charge in [-0.1, -0.05) is 24.8 Å². The number of aliphatic carboxylic acids is 1. The van der Waals surface area contributed by atoms with Gasteiger partial charge in [-0.2, -0.15) is 11.8 Å². The number of nitrogens with one attached hydrogen (secondary N) is 1. The van der Waals surface area contributed by atoms with E-state index in [-0.39, 0.29) is 6.61 Å². The predicted molar refractivity (Wildman–Crippen MR) is 84.0 cm³/mol. The minimum Gasteiger partial charge on any atom is -0.489 e. The molecule has 5 nitrogen and oxygen atoms in total. The molecule has 0 saturated carbocycles. The maximum atomic E-state index is 12.2. The maximum absolute atomic E-state index is 12.2. The number of thioether (sulfide) groups is 1. The van der Waals surface area contributed by atoms with Crippen molar-refractivity contribution in [1.29, 1.82) is 0 Å². The molecule has 1 atom stereocenters. The third-order valence-electron chi connectivity index (χ3n) is 2.70. The summed E-state index contributed by atoms with van der Waals surface area (Å²) in [6.45, 7) is 3.83. The van der Waals surface area contributed by atoms with Crippen LogP contribution in [0, 0.1) is 0 Å². The van der Waals surface area contributed by atoms with E-state index in [1.165, 1.54) is 11.8 Å². The molecule has 6 heteroatoms. The SMILES string of the molecule is C=CCOc1ccccc1C(=O)N[C@H](CCSC)C(=O)O. The monoisotopic (exact) mass is 309 g/mol. The van der Waals surface area contributed by atoms with Crippen LogP contribution < -0.4 is 10.1 Å². The number of carbonyl (C=O) groups excluding carboxylic acids is 1. The van der Waals surface area contributed by atoms with E-state index < -0.39 is 17.9 Å². The Bertz CT molecular complexity index is 504. The Morgan fingerprint density at radius 2 is 2.19 bits per heavy atom.